The van der Waals surface area contributed by atoms with Crippen LogP contribution in [0.5, 0.6) is 0 Å². The highest BCUT2D eigenvalue weighted by Gasteiger charge is 2.35. The van der Waals surface area contributed by atoms with Crippen molar-refractivity contribution in [2.75, 3.05) is 24.2 Å². The predicted molar refractivity (Wildman–Crippen MR) is 124 cm³/mol. The van der Waals surface area contributed by atoms with E-state index >= 15 is 0 Å². The lowest BCUT2D eigenvalue weighted by molar-refractivity contribution is -0.140. The molecule has 2 aromatic carbocycles. The molecule has 1 unspecified atom stereocenters. The molecule has 0 radical (unpaired) electrons. The van der Waals surface area contributed by atoms with Gasteiger partial charge < -0.3 is 10.2 Å². The Bertz CT molecular complexity index is 1130. The third kappa shape index (κ3) is 6.86. The molecule has 1 atom stereocenters. The maximum atomic E-state index is 13.4. The van der Waals surface area contributed by atoms with E-state index < -0.39 is 51.9 Å². The molecule has 7 nitrogen and oxygen atoms in total. The van der Waals surface area contributed by atoms with Crippen molar-refractivity contribution in [1.29, 1.82) is 0 Å². The van der Waals surface area contributed by atoms with Crippen LogP contribution in [0.15, 0.2) is 48.5 Å². The van der Waals surface area contributed by atoms with Gasteiger partial charge in [-0.3, -0.25) is 13.9 Å². The van der Waals surface area contributed by atoms with Gasteiger partial charge in [0.15, 0.2) is 0 Å². The summed E-state index contributed by atoms with van der Waals surface area (Å²) in [7, 11) is -2.82. The number of nitrogens with zero attached hydrogens (tertiary/aromatic N) is 2. The second kappa shape index (κ2) is 11.1. The lowest BCUT2D eigenvalue weighted by Gasteiger charge is -2.32. The molecule has 0 fully saturated rings. The molecule has 2 rings (SSSR count). The zero-order valence-electron chi connectivity index (χ0n) is 18.8. The summed E-state index contributed by atoms with van der Waals surface area (Å²) in [6, 6.07) is 9.99. The monoisotopic (exact) mass is 519 g/mol. The lowest BCUT2D eigenvalue weighted by atomic mass is 10.1. The summed E-state index contributed by atoms with van der Waals surface area (Å²) in [5.41, 5.74) is -0.924. The van der Waals surface area contributed by atoms with Crippen molar-refractivity contribution in [3.63, 3.8) is 0 Å². The molecule has 0 aliphatic rings. The highest BCUT2D eigenvalue weighted by atomic mass is 35.5. The number of rotatable bonds is 9. The number of benzene rings is 2. The van der Waals surface area contributed by atoms with E-state index in [-0.39, 0.29) is 18.0 Å². The molecule has 12 heteroatoms. The number of hydrogen-bond donors (Lipinski definition) is 1. The molecular weight excluding hydrogens is 495 g/mol. The molecule has 0 saturated carbocycles. The second-order valence-electron chi connectivity index (χ2n) is 7.48. The zero-order valence-corrected chi connectivity index (χ0v) is 20.3. The molecule has 0 aliphatic carbocycles. The van der Waals surface area contributed by atoms with Crippen LogP contribution in [0.2, 0.25) is 5.02 Å². The van der Waals surface area contributed by atoms with Crippen LogP contribution in [0, 0.1) is 0 Å². The van der Waals surface area contributed by atoms with E-state index in [0.29, 0.717) is 22.0 Å². The number of anilines is 1. The summed E-state index contributed by atoms with van der Waals surface area (Å²) < 4.78 is 65.3. The SMILES string of the molecule is CCC(C(=O)NC)N(Cc1ccccc1)C(=O)CN(c1cc(C(F)(F)F)ccc1Cl)S(C)(=O)=O. The summed E-state index contributed by atoms with van der Waals surface area (Å²) in [5, 5.41) is 2.20. The number of amides is 2. The van der Waals surface area contributed by atoms with E-state index in [2.05, 4.69) is 5.32 Å². The molecule has 0 aromatic heterocycles. The van der Waals surface area contributed by atoms with Crippen molar-refractivity contribution < 1.29 is 31.2 Å². The van der Waals surface area contributed by atoms with Gasteiger partial charge in [-0.15, -0.1) is 0 Å². The zero-order chi connectivity index (χ0) is 25.7. The minimum atomic E-state index is -4.75. The van der Waals surface area contributed by atoms with Crippen LogP contribution >= 0.6 is 11.6 Å². The van der Waals surface area contributed by atoms with Gasteiger partial charge in [-0.2, -0.15) is 13.2 Å². The van der Waals surface area contributed by atoms with Gasteiger partial charge in [-0.1, -0.05) is 48.9 Å². The summed E-state index contributed by atoms with van der Waals surface area (Å²) >= 11 is 6.04. The maximum absolute atomic E-state index is 13.4. The minimum Gasteiger partial charge on any atom is -0.357 e. The van der Waals surface area contributed by atoms with E-state index in [9.17, 15) is 31.2 Å². The smallest absolute Gasteiger partial charge is 0.357 e. The van der Waals surface area contributed by atoms with E-state index in [4.69, 9.17) is 11.6 Å². The molecule has 0 heterocycles. The van der Waals surface area contributed by atoms with E-state index in [1.54, 1.807) is 37.3 Å². The summed E-state index contributed by atoms with van der Waals surface area (Å²) in [6.07, 6.45) is -3.77. The minimum absolute atomic E-state index is 0.0144. The molecule has 0 saturated heterocycles. The largest absolute Gasteiger partial charge is 0.416 e. The Labute approximate surface area is 201 Å². The highest BCUT2D eigenvalue weighted by Crippen LogP contribution is 2.36. The van der Waals surface area contributed by atoms with E-state index in [1.807, 2.05) is 0 Å². The number of nitrogens with one attached hydrogen (secondary N) is 1. The van der Waals surface area contributed by atoms with Crippen molar-refractivity contribution in [2.45, 2.75) is 32.1 Å². The Kier molecular flexibility index (Phi) is 8.96. The first-order valence-corrected chi connectivity index (χ1v) is 12.4. The number of hydrogen-bond acceptors (Lipinski definition) is 4. The highest BCUT2D eigenvalue weighted by molar-refractivity contribution is 7.92. The predicted octanol–water partition coefficient (Wildman–Crippen LogP) is 3.68. The average Bonchev–Trinajstić information content (AvgIpc) is 2.76. The van der Waals surface area contributed by atoms with E-state index in [0.717, 1.165) is 12.3 Å². The van der Waals surface area contributed by atoms with Crippen LogP contribution in [0.1, 0.15) is 24.5 Å². The Hall–Kier alpha value is -2.79. The first-order valence-electron chi connectivity index (χ1n) is 10.2. The van der Waals surface area contributed by atoms with Crippen LogP contribution in [0.4, 0.5) is 18.9 Å². The molecule has 2 aromatic rings. The van der Waals surface area contributed by atoms with Crippen LogP contribution in [0.3, 0.4) is 0 Å². The summed E-state index contributed by atoms with van der Waals surface area (Å²) in [6.45, 7) is 0.822. The molecule has 1 N–H and O–H groups in total. The van der Waals surface area contributed by atoms with Gasteiger partial charge in [0.25, 0.3) is 0 Å². The maximum Gasteiger partial charge on any atom is 0.416 e. The van der Waals surface area contributed by atoms with Gasteiger partial charge in [0.1, 0.15) is 12.6 Å². The fourth-order valence-corrected chi connectivity index (χ4v) is 4.46. The normalized spacial score (nSPS) is 12.7. The fraction of sp³-hybridized carbons (Fsp3) is 0.364. The number of alkyl halides is 3. The summed E-state index contributed by atoms with van der Waals surface area (Å²) in [5.74, 6) is -1.24. The van der Waals surface area contributed by atoms with Crippen molar-refractivity contribution in [2.24, 2.45) is 0 Å². The van der Waals surface area contributed by atoms with Gasteiger partial charge in [-0.25, -0.2) is 8.42 Å². The van der Waals surface area contributed by atoms with Crippen molar-refractivity contribution in [3.05, 3.63) is 64.7 Å². The van der Waals surface area contributed by atoms with Crippen molar-refractivity contribution in [1.82, 2.24) is 10.2 Å². The van der Waals surface area contributed by atoms with Gasteiger partial charge >= 0.3 is 6.18 Å². The third-order valence-electron chi connectivity index (χ3n) is 5.05. The topological polar surface area (TPSA) is 86.8 Å². The molecule has 0 spiro atoms. The Morgan fingerprint density at radius 3 is 2.24 bits per heavy atom. The van der Waals surface area contributed by atoms with Gasteiger partial charge in [-0.05, 0) is 30.2 Å². The van der Waals surface area contributed by atoms with Crippen molar-refractivity contribution in [3.8, 4) is 0 Å². The number of carbonyl (C=O) groups is 2. The lowest BCUT2D eigenvalue weighted by Crippen LogP contribution is -2.51. The van der Waals surface area contributed by atoms with Gasteiger partial charge in [0, 0.05) is 13.6 Å². The van der Waals surface area contributed by atoms with Crippen LogP contribution in [0.25, 0.3) is 0 Å². The van der Waals surface area contributed by atoms with Crippen molar-refractivity contribution >= 4 is 39.1 Å². The Morgan fingerprint density at radius 1 is 1.12 bits per heavy atom. The quantitative estimate of drug-likeness (QED) is 0.547. The second-order valence-corrected chi connectivity index (χ2v) is 9.79. The van der Waals surface area contributed by atoms with Crippen LogP contribution in [-0.2, 0) is 32.3 Å². The molecule has 0 aliphatic heterocycles. The number of sulfonamides is 1. The standard InChI is InChI=1S/C22H25ClF3N3O4S/c1-4-18(21(31)27-2)28(13-15-8-6-5-7-9-15)20(30)14-29(34(3,32)33)19-12-16(22(24,25)26)10-11-17(19)23/h5-12,18H,4,13-14H2,1-3H3,(H,27,31). The van der Waals surface area contributed by atoms with Gasteiger partial charge in [0.05, 0.1) is 22.5 Å². The first-order chi connectivity index (χ1) is 15.8. The Balaban J connectivity index is 2.52. The van der Waals surface area contributed by atoms with E-state index in [1.165, 1.54) is 11.9 Å². The molecule has 2 amide bonds. The fourth-order valence-electron chi connectivity index (χ4n) is 3.34. The third-order valence-corrected chi connectivity index (χ3v) is 6.50. The summed E-state index contributed by atoms with van der Waals surface area (Å²) in [4.78, 5) is 27.0. The van der Waals surface area contributed by atoms with Crippen LogP contribution in [-0.4, -0.2) is 51.0 Å². The molecule has 34 heavy (non-hydrogen) atoms. The molecule has 0 bridgehead atoms. The average molecular weight is 520 g/mol. The number of carbonyl (C=O) groups excluding carboxylic acids is 2. The Morgan fingerprint density at radius 2 is 1.74 bits per heavy atom. The molecular formula is C22H25ClF3N3O4S. The number of likely N-dealkylation sites (N-methyl/N-ethyl adjacent to an activating group) is 1. The first kappa shape index (κ1) is 27.5. The molecule has 186 valence electrons. The van der Waals surface area contributed by atoms with Gasteiger partial charge in [0.2, 0.25) is 21.8 Å². The van der Waals surface area contributed by atoms with Crippen LogP contribution < -0.4 is 9.62 Å². The number of halogens is 4.